The Bertz CT molecular complexity index is 398. The summed E-state index contributed by atoms with van der Waals surface area (Å²) in [5.41, 5.74) is 0. The van der Waals surface area contributed by atoms with Crippen LogP contribution in [0.2, 0.25) is 0 Å². The van der Waals surface area contributed by atoms with Crippen molar-refractivity contribution in [1.82, 2.24) is 0 Å². The number of thioether (sulfide) groups is 1. The van der Waals surface area contributed by atoms with E-state index in [-0.39, 0.29) is 5.75 Å². The van der Waals surface area contributed by atoms with Crippen molar-refractivity contribution in [3.63, 3.8) is 0 Å². The molecule has 0 saturated heterocycles. The van der Waals surface area contributed by atoms with E-state index in [4.69, 9.17) is 9.84 Å². The lowest BCUT2D eigenvalue weighted by atomic mass is 10.3. The van der Waals surface area contributed by atoms with E-state index in [1.54, 1.807) is 12.1 Å². The molecule has 88 valence electrons. The SMILES string of the molecule is COc1ccc2c(c1)OC(F)(F)C(CO)S2. The molecule has 1 heterocycles. The number of alkyl halides is 2. The molecule has 0 radical (unpaired) electrons. The van der Waals surface area contributed by atoms with Crippen LogP contribution in [0.1, 0.15) is 0 Å². The number of fused-ring (bicyclic) bond motifs is 1. The zero-order valence-electron chi connectivity index (χ0n) is 8.44. The van der Waals surface area contributed by atoms with E-state index in [0.29, 0.717) is 10.6 Å². The Hall–Kier alpha value is -1.01. The quantitative estimate of drug-likeness (QED) is 0.870. The number of ether oxygens (including phenoxy) is 2. The van der Waals surface area contributed by atoms with Gasteiger partial charge in [0.25, 0.3) is 0 Å². The second kappa shape index (κ2) is 4.10. The lowest BCUT2D eigenvalue weighted by Crippen LogP contribution is -2.41. The van der Waals surface area contributed by atoms with Crippen LogP contribution in [-0.2, 0) is 0 Å². The highest BCUT2D eigenvalue weighted by Crippen LogP contribution is 2.46. The third-order valence-corrected chi connectivity index (χ3v) is 3.51. The van der Waals surface area contributed by atoms with E-state index in [0.717, 1.165) is 11.8 Å². The highest BCUT2D eigenvalue weighted by molar-refractivity contribution is 8.00. The summed E-state index contributed by atoms with van der Waals surface area (Å²) in [6.07, 6.45) is -3.36. The predicted molar refractivity (Wildman–Crippen MR) is 55.3 cm³/mol. The van der Waals surface area contributed by atoms with Gasteiger partial charge in [-0.3, -0.25) is 0 Å². The summed E-state index contributed by atoms with van der Waals surface area (Å²) >= 11 is 0.903. The number of hydrogen-bond acceptors (Lipinski definition) is 4. The molecule has 0 aromatic heterocycles. The minimum atomic E-state index is -3.36. The summed E-state index contributed by atoms with van der Waals surface area (Å²) < 4.78 is 36.2. The maximum absolute atomic E-state index is 13.3. The maximum atomic E-state index is 13.3. The molecule has 1 unspecified atom stereocenters. The standard InChI is InChI=1S/C10H10F2O3S/c1-14-6-2-3-8-7(4-6)15-10(11,12)9(5-13)16-8/h2-4,9,13H,5H2,1H3. The topological polar surface area (TPSA) is 38.7 Å². The van der Waals surface area contributed by atoms with Crippen molar-refractivity contribution in [1.29, 1.82) is 0 Å². The normalized spacial score (nSPS) is 22.1. The first-order valence-electron chi connectivity index (χ1n) is 4.59. The van der Waals surface area contributed by atoms with E-state index in [1.807, 2.05) is 0 Å². The minimum Gasteiger partial charge on any atom is -0.497 e. The minimum absolute atomic E-state index is 0.0825. The van der Waals surface area contributed by atoms with Gasteiger partial charge in [0.2, 0.25) is 0 Å². The molecule has 1 aromatic rings. The molecule has 1 atom stereocenters. The van der Waals surface area contributed by atoms with Gasteiger partial charge < -0.3 is 14.6 Å². The zero-order valence-corrected chi connectivity index (χ0v) is 9.26. The average Bonchev–Trinajstić information content (AvgIpc) is 2.26. The third kappa shape index (κ3) is 1.94. The van der Waals surface area contributed by atoms with Gasteiger partial charge in [-0.15, -0.1) is 11.8 Å². The number of rotatable bonds is 2. The first-order chi connectivity index (χ1) is 7.56. The van der Waals surface area contributed by atoms with Gasteiger partial charge in [0.05, 0.1) is 18.6 Å². The van der Waals surface area contributed by atoms with Crippen molar-refractivity contribution < 1.29 is 23.4 Å². The van der Waals surface area contributed by atoms with Crippen LogP contribution in [-0.4, -0.2) is 30.2 Å². The number of benzene rings is 1. The summed E-state index contributed by atoms with van der Waals surface area (Å²) in [5.74, 6) is 0.539. The van der Waals surface area contributed by atoms with E-state index >= 15 is 0 Å². The van der Waals surface area contributed by atoms with Crippen molar-refractivity contribution in [3.05, 3.63) is 18.2 Å². The highest BCUT2D eigenvalue weighted by atomic mass is 32.2. The van der Waals surface area contributed by atoms with Crippen LogP contribution in [0.25, 0.3) is 0 Å². The van der Waals surface area contributed by atoms with Gasteiger partial charge in [-0.25, -0.2) is 0 Å². The molecule has 1 aromatic carbocycles. The number of halogens is 2. The van der Waals surface area contributed by atoms with Crippen molar-refractivity contribution in [2.24, 2.45) is 0 Å². The molecular weight excluding hydrogens is 238 g/mol. The third-order valence-electron chi connectivity index (χ3n) is 2.21. The number of aliphatic hydroxyl groups is 1. The number of hydrogen-bond donors (Lipinski definition) is 1. The second-order valence-corrected chi connectivity index (χ2v) is 4.51. The van der Waals surface area contributed by atoms with E-state index < -0.39 is 18.0 Å². The Morgan fingerprint density at radius 1 is 1.56 bits per heavy atom. The van der Waals surface area contributed by atoms with Gasteiger partial charge in [-0.2, -0.15) is 8.78 Å². The van der Waals surface area contributed by atoms with E-state index in [9.17, 15) is 8.78 Å². The van der Waals surface area contributed by atoms with Crippen LogP contribution in [0.4, 0.5) is 8.78 Å². The van der Waals surface area contributed by atoms with Crippen LogP contribution in [0.5, 0.6) is 11.5 Å². The maximum Gasteiger partial charge on any atom is 0.412 e. The molecule has 6 heteroatoms. The smallest absolute Gasteiger partial charge is 0.412 e. The molecule has 1 aliphatic heterocycles. The molecule has 0 spiro atoms. The average molecular weight is 248 g/mol. The molecule has 3 nitrogen and oxygen atoms in total. The Kier molecular flexibility index (Phi) is 2.94. The highest BCUT2D eigenvalue weighted by Gasteiger charge is 2.46. The monoisotopic (exact) mass is 248 g/mol. The van der Waals surface area contributed by atoms with Crippen LogP contribution >= 0.6 is 11.8 Å². The molecule has 0 amide bonds. The Morgan fingerprint density at radius 3 is 2.94 bits per heavy atom. The van der Waals surface area contributed by atoms with Gasteiger partial charge in [0, 0.05) is 6.07 Å². The molecular formula is C10H10F2O3S. The molecule has 1 N–H and O–H groups in total. The van der Waals surface area contributed by atoms with Crippen molar-refractivity contribution in [2.45, 2.75) is 16.3 Å². The van der Waals surface area contributed by atoms with Crippen LogP contribution < -0.4 is 9.47 Å². The summed E-state index contributed by atoms with van der Waals surface area (Å²) in [4.78, 5) is 0.575. The Labute approximate surface area is 95.4 Å². The van der Waals surface area contributed by atoms with Gasteiger partial charge in [-0.1, -0.05) is 0 Å². The fourth-order valence-corrected chi connectivity index (χ4v) is 2.30. The molecule has 2 rings (SSSR count). The van der Waals surface area contributed by atoms with Crippen molar-refractivity contribution in [2.75, 3.05) is 13.7 Å². The van der Waals surface area contributed by atoms with E-state index in [2.05, 4.69) is 4.74 Å². The number of methoxy groups -OCH3 is 1. The number of aliphatic hydroxyl groups excluding tert-OH is 1. The van der Waals surface area contributed by atoms with Gasteiger partial charge >= 0.3 is 6.11 Å². The fourth-order valence-electron chi connectivity index (χ4n) is 1.37. The van der Waals surface area contributed by atoms with Crippen molar-refractivity contribution >= 4 is 11.8 Å². The van der Waals surface area contributed by atoms with Crippen LogP contribution in [0, 0.1) is 0 Å². The van der Waals surface area contributed by atoms with Crippen LogP contribution in [0.15, 0.2) is 23.1 Å². The molecule has 0 bridgehead atoms. The molecule has 0 saturated carbocycles. The summed E-state index contributed by atoms with van der Waals surface area (Å²) in [6.45, 7) is -0.636. The first kappa shape index (κ1) is 11.5. The van der Waals surface area contributed by atoms with Gasteiger partial charge in [0.1, 0.15) is 16.7 Å². The summed E-state index contributed by atoms with van der Waals surface area (Å²) in [7, 11) is 1.45. The lowest BCUT2D eigenvalue weighted by Gasteiger charge is -2.31. The molecule has 0 aliphatic carbocycles. The lowest BCUT2D eigenvalue weighted by molar-refractivity contribution is -0.184. The summed E-state index contributed by atoms with van der Waals surface area (Å²) in [6, 6.07) is 4.70. The van der Waals surface area contributed by atoms with Gasteiger partial charge in [-0.05, 0) is 12.1 Å². The molecule has 16 heavy (non-hydrogen) atoms. The predicted octanol–water partition coefficient (Wildman–Crippen LogP) is 2.13. The molecule has 0 fully saturated rings. The van der Waals surface area contributed by atoms with Crippen LogP contribution in [0.3, 0.4) is 0 Å². The largest absolute Gasteiger partial charge is 0.497 e. The molecule has 1 aliphatic rings. The Balaban J connectivity index is 2.35. The summed E-state index contributed by atoms with van der Waals surface area (Å²) in [5, 5.41) is 7.58. The first-order valence-corrected chi connectivity index (χ1v) is 5.47. The fraction of sp³-hybridized carbons (Fsp3) is 0.400. The van der Waals surface area contributed by atoms with Crippen molar-refractivity contribution in [3.8, 4) is 11.5 Å². The second-order valence-electron chi connectivity index (χ2n) is 3.27. The zero-order chi connectivity index (χ0) is 11.8. The Morgan fingerprint density at radius 2 is 2.31 bits per heavy atom. The van der Waals surface area contributed by atoms with E-state index in [1.165, 1.54) is 13.2 Å². The van der Waals surface area contributed by atoms with Gasteiger partial charge in [0.15, 0.2) is 0 Å².